The Balaban J connectivity index is 2.28. The Morgan fingerprint density at radius 3 is 2.17 bits per heavy atom. The summed E-state index contributed by atoms with van der Waals surface area (Å²) in [5.41, 5.74) is 5.72. The van der Waals surface area contributed by atoms with Crippen molar-refractivity contribution in [1.29, 1.82) is 0 Å². The van der Waals surface area contributed by atoms with Gasteiger partial charge in [-0.25, -0.2) is 4.79 Å². The van der Waals surface area contributed by atoms with Crippen molar-refractivity contribution in [3.8, 4) is 11.3 Å². The van der Waals surface area contributed by atoms with Crippen LogP contribution < -0.4 is 0 Å². The zero-order chi connectivity index (χ0) is 17.3. The molecule has 0 saturated carbocycles. The highest BCUT2D eigenvalue weighted by Crippen LogP contribution is 2.28. The fraction of sp³-hybridized carbons (Fsp3) is 0.250. The fourth-order valence-corrected chi connectivity index (χ4v) is 3.06. The summed E-state index contributed by atoms with van der Waals surface area (Å²) in [7, 11) is 0. The number of esters is 1. The Morgan fingerprint density at radius 2 is 1.58 bits per heavy atom. The highest BCUT2D eigenvalue weighted by molar-refractivity contribution is 5.92. The molecular formula is C20H22N2O2. The maximum Gasteiger partial charge on any atom is 0.340 e. The number of aromatic nitrogens is 2. The molecule has 124 valence electrons. The normalized spacial score (nSPS) is 10.8. The molecule has 0 unspecified atom stereocenters. The third kappa shape index (κ3) is 2.64. The van der Waals surface area contributed by atoms with Gasteiger partial charge in [0.05, 0.1) is 23.6 Å². The van der Waals surface area contributed by atoms with E-state index >= 15 is 0 Å². The number of nitrogens with zero attached hydrogens (tertiary/aromatic N) is 2. The molecule has 4 nitrogen and oxygen atoms in total. The molecule has 3 rings (SSSR count). The van der Waals surface area contributed by atoms with E-state index in [2.05, 4.69) is 35.3 Å². The van der Waals surface area contributed by atoms with E-state index in [1.807, 2.05) is 50.2 Å². The average molecular weight is 322 g/mol. The lowest BCUT2D eigenvalue weighted by Gasteiger charge is -2.17. The molecule has 0 aliphatic rings. The van der Waals surface area contributed by atoms with Crippen LogP contribution in [0.4, 0.5) is 0 Å². The minimum atomic E-state index is -0.284. The largest absolute Gasteiger partial charge is 0.462 e. The van der Waals surface area contributed by atoms with Crippen LogP contribution in [0.5, 0.6) is 0 Å². The Morgan fingerprint density at radius 1 is 0.958 bits per heavy atom. The predicted molar refractivity (Wildman–Crippen MR) is 95.3 cm³/mol. The molecule has 0 aliphatic carbocycles. The van der Waals surface area contributed by atoms with Gasteiger partial charge in [0.1, 0.15) is 0 Å². The SMILES string of the molecule is CCOC(=O)c1cc(-c2ccccc2)n(-n2c(C)ccc2C)c1C. The standard InChI is InChI=1S/C20H22N2O2/c1-5-24-20(23)18-13-19(17-9-7-6-8-10-17)22(16(18)4)21-14(2)11-12-15(21)3/h6-13H,5H2,1-4H3. The van der Waals surface area contributed by atoms with Gasteiger partial charge < -0.3 is 4.74 Å². The van der Waals surface area contributed by atoms with Gasteiger partial charge in [-0.1, -0.05) is 30.3 Å². The van der Waals surface area contributed by atoms with Gasteiger partial charge in [-0.3, -0.25) is 9.35 Å². The van der Waals surface area contributed by atoms with Crippen molar-refractivity contribution in [3.05, 3.63) is 71.2 Å². The molecule has 0 radical (unpaired) electrons. The van der Waals surface area contributed by atoms with E-state index in [0.717, 1.165) is 28.3 Å². The van der Waals surface area contributed by atoms with Gasteiger partial charge in [-0.15, -0.1) is 0 Å². The zero-order valence-electron chi connectivity index (χ0n) is 14.5. The Labute approximate surface area is 142 Å². The third-order valence-electron chi connectivity index (χ3n) is 4.22. The molecule has 0 aliphatic heterocycles. The van der Waals surface area contributed by atoms with Crippen molar-refractivity contribution in [2.75, 3.05) is 6.61 Å². The molecule has 0 atom stereocenters. The number of carbonyl (C=O) groups excluding carboxylic acids is 1. The van der Waals surface area contributed by atoms with Crippen LogP contribution >= 0.6 is 0 Å². The van der Waals surface area contributed by atoms with E-state index in [1.165, 1.54) is 0 Å². The topological polar surface area (TPSA) is 36.2 Å². The number of hydrogen-bond acceptors (Lipinski definition) is 2. The smallest absolute Gasteiger partial charge is 0.340 e. The zero-order valence-corrected chi connectivity index (χ0v) is 14.5. The van der Waals surface area contributed by atoms with E-state index in [1.54, 1.807) is 0 Å². The van der Waals surface area contributed by atoms with Crippen LogP contribution in [-0.2, 0) is 4.74 Å². The van der Waals surface area contributed by atoms with Gasteiger partial charge in [-0.05, 0) is 45.9 Å². The second-order valence-electron chi connectivity index (χ2n) is 5.85. The lowest BCUT2D eigenvalue weighted by atomic mass is 10.1. The molecule has 0 amide bonds. The third-order valence-corrected chi connectivity index (χ3v) is 4.22. The number of rotatable bonds is 4. The molecule has 2 heterocycles. The Bertz CT molecular complexity index is 853. The number of aryl methyl sites for hydroxylation is 2. The first-order chi connectivity index (χ1) is 11.5. The van der Waals surface area contributed by atoms with Gasteiger partial charge >= 0.3 is 5.97 Å². The summed E-state index contributed by atoms with van der Waals surface area (Å²) in [6, 6.07) is 16.2. The van der Waals surface area contributed by atoms with Crippen LogP contribution in [0, 0.1) is 20.8 Å². The summed E-state index contributed by atoms with van der Waals surface area (Å²) in [5.74, 6) is -0.284. The van der Waals surface area contributed by atoms with Gasteiger partial charge in [0.25, 0.3) is 0 Å². The summed E-state index contributed by atoms with van der Waals surface area (Å²) in [6.07, 6.45) is 0. The van der Waals surface area contributed by atoms with Gasteiger partial charge in [0.15, 0.2) is 0 Å². The van der Waals surface area contributed by atoms with Crippen LogP contribution in [0.1, 0.15) is 34.4 Å². The average Bonchev–Trinajstić information content (AvgIpc) is 3.08. The summed E-state index contributed by atoms with van der Waals surface area (Å²) in [5, 5.41) is 0. The lowest BCUT2D eigenvalue weighted by Crippen LogP contribution is -2.16. The summed E-state index contributed by atoms with van der Waals surface area (Å²) >= 11 is 0. The molecule has 2 aromatic heterocycles. The van der Waals surface area contributed by atoms with E-state index in [4.69, 9.17) is 4.74 Å². The maximum atomic E-state index is 12.4. The first-order valence-electron chi connectivity index (χ1n) is 8.15. The second kappa shape index (κ2) is 6.40. The summed E-state index contributed by atoms with van der Waals surface area (Å²) < 4.78 is 9.44. The molecule has 24 heavy (non-hydrogen) atoms. The first-order valence-corrected chi connectivity index (χ1v) is 8.15. The molecule has 1 aromatic carbocycles. The van der Waals surface area contributed by atoms with Crippen molar-refractivity contribution in [2.24, 2.45) is 0 Å². The minimum absolute atomic E-state index is 0.284. The fourth-order valence-electron chi connectivity index (χ4n) is 3.06. The second-order valence-corrected chi connectivity index (χ2v) is 5.85. The van der Waals surface area contributed by atoms with E-state index in [-0.39, 0.29) is 5.97 Å². The first kappa shape index (κ1) is 16.1. The number of ether oxygens (including phenoxy) is 1. The highest BCUT2D eigenvalue weighted by atomic mass is 16.5. The quantitative estimate of drug-likeness (QED) is 0.669. The van der Waals surface area contributed by atoms with Crippen LogP contribution in [-0.4, -0.2) is 21.9 Å². The molecule has 0 fully saturated rings. The number of carbonyl (C=O) groups is 1. The Hall–Kier alpha value is -2.75. The lowest BCUT2D eigenvalue weighted by molar-refractivity contribution is 0.0525. The highest BCUT2D eigenvalue weighted by Gasteiger charge is 2.21. The molecular weight excluding hydrogens is 300 g/mol. The molecule has 4 heteroatoms. The minimum Gasteiger partial charge on any atom is -0.462 e. The van der Waals surface area contributed by atoms with Crippen molar-refractivity contribution in [3.63, 3.8) is 0 Å². The monoisotopic (exact) mass is 322 g/mol. The van der Waals surface area contributed by atoms with Gasteiger partial charge in [0, 0.05) is 17.0 Å². The van der Waals surface area contributed by atoms with Crippen LogP contribution in [0.25, 0.3) is 11.3 Å². The molecule has 0 saturated heterocycles. The molecule has 0 N–H and O–H groups in total. The van der Waals surface area contributed by atoms with Gasteiger partial charge in [-0.2, -0.15) is 0 Å². The van der Waals surface area contributed by atoms with Crippen LogP contribution in [0.3, 0.4) is 0 Å². The Kier molecular flexibility index (Phi) is 4.30. The molecule has 3 aromatic rings. The van der Waals surface area contributed by atoms with Crippen molar-refractivity contribution in [1.82, 2.24) is 9.35 Å². The van der Waals surface area contributed by atoms with E-state index in [0.29, 0.717) is 12.2 Å². The van der Waals surface area contributed by atoms with Gasteiger partial charge in [0.2, 0.25) is 0 Å². The van der Waals surface area contributed by atoms with Crippen molar-refractivity contribution < 1.29 is 9.53 Å². The predicted octanol–water partition coefficient (Wildman–Crippen LogP) is 4.37. The van der Waals surface area contributed by atoms with E-state index in [9.17, 15) is 4.79 Å². The molecule has 0 bridgehead atoms. The van der Waals surface area contributed by atoms with Crippen molar-refractivity contribution >= 4 is 5.97 Å². The maximum absolute atomic E-state index is 12.4. The number of benzene rings is 1. The van der Waals surface area contributed by atoms with Crippen molar-refractivity contribution in [2.45, 2.75) is 27.7 Å². The number of hydrogen-bond donors (Lipinski definition) is 0. The van der Waals surface area contributed by atoms with Crippen LogP contribution in [0.2, 0.25) is 0 Å². The molecule has 0 spiro atoms. The summed E-state index contributed by atoms with van der Waals surface area (Å²) in [4.78, 5) is 12.4. The summed E-state index contributed by atoms with van der Waals surface area (Å²) in [6.45, 7) is 8.27. The van der Waals surface area contributed by atoms with E-state index < -0.39 is 0 Å². The van der Waals surface area contributed by atoms with Crippen LogP contribution in [0.15, 0.2) is 48.5 Å².